The molecule has 1 amide bonds. The normalized spacial score (nSPS) is 15.3. The predicted octanol–water partition coefficient (Wildman–Crippen LogP) is 5.11. The van der Waals surface area contributed by atoms with Crippen molar-refractivity contribution >= 4 is 28.8 Å². The Kier molecular flexibility index (Phi) is 5.96. The van der Waals surface area contributed by atoms with Gasteiger partial charge < -0.3 is 18.8 Å². The van der Waals surface area contributed by atoms with Gasteiger partial charge in [-0.25, -0.2) is 4.98 Å². The van der Waals surface area contributed by atoms with Crippen LogP contribution in [0.5, 0.6) is 11.5 Å². The summed E-state index contributed by atoms with van der Waals surface area (Å²) in [5.74, 6) is 1.65. The van der Waals surface area contributed by atoms with Crippen molar-refractivity contribution < 1.29 is 18.7 Å². The second-order valence-corrected chi connectivity index (χ2v) is 8.72. The quantitative estimate of drug-likeness (QED) is 0.373. The molecule has 33 heavy (non-hydrogen) atoms. The van der Waals surface area contributed by atoms with Gasteiger partial charge in [0.15, 0.2) is 17.1 Å². The summed E-state index contributed by atoms with van der Waals surface area (Å²) in [4.78, 5) is 19.9. The van der Waals surface area contributed by atoms with E-state index in [1.54, 1.807) is 14.2 Å². The first kappa shape index (κ1) is 21.4. The fraction of sp³-hybridized carbons (Fsp3) is 0.231. The van der Waals surface area contributed by atoms with E-state index in [-0.39, 0.29) is 17.7 Å². The van der Waals surface area contributed by atoms with Crippen LogP contribution in [0.1, 0.15) is 22.7 Å². The Bertz CT molecular complexity index is 1260. The van der Waals surface area contributed by atoms with Gasteiger partial charge in [0, 0.05) is 6.54 Å². The van der Waals surface area contributed by atoms with Crippen LogP contribution >= 0.6 is 11.8 Å². The topological polar surface area (TPSA) is 64.8 Å². The average molecular weight is 461 g/mol. The number of oxazole rings is 1. The second-order valence-electron chi connectivity index (χ2n) is 7.79. The lowest BCUT2D eigenvalue weighted by molar-refractivity contribution is -0.130. The summed E-state index contributed by atoms with van der Waals surface area (Å²) < 4.78 is 16.8. The molecule has 6 nitrogen and oxygen atoms in total. The molecule has 0 spiro atoms. The first-order chi connectivity index (χ1) is 16.2. The largest absolute Gasteiger partial charge is 0.493 e. The minimum Gasteiger partial charge on any atom is -0.493 e. The van der Waals surface area contributed by atoms with Crippen LogP contribution < -0.4 is 9.47 Å². The van der Waals surface area contributed by atoms with Crippen LogP contribution in [0.15, 0.2) is 76.4 Å². The van der Waals surface area contributed by atoms with Crippen molar-refractivity contribution in [3.8, 4) is 11.5 Å². The van der Waals surface area contributed by atoms with E-state index in [1.807, 2.05) is 59.5 Å². The van der Waals surface area contributed by atoms with Crippen LogP contribution in [0.4, 0.5) is 0 Å². The maximum atomic E-state index is 13.4. The van der Waals surface area contributed by atoms with E-state index < -0.39 is 0 Å². The van der Waals surface area contributed by atoms with Gasteiger partial charge in [0.2, 0.25) is 5.91 Å². The lowest BCUT2D eigenvalue weighted by Crippen LogP contribution is -2.41. The number of hydrogen-bond acceptors (Lipinski definition) is 6. The van der Waals surface area contributed by atoms with E-state index in [1.165, 1.54) is 11.8 Å². The number of fused-ring (bicyclic) bond motifs is 2. The van der Waals surface area contributed by atoms with Crippen molar-refractivity contribution in [1.82, 2.24) is 9.88 Å². The molecule has 0 unspecified atom stereocenters. The van der Waals surface area contributed by atoms with Gasteiger partial charge in [-0.3, -0.25) is 4.79 Å². The third-order valence-electron chi connectivity index (χ3n) is 5.90. The monoisotopic (exact) mass is 460 g/mol. The highest BCUT2D eigenvalue weighted by atomic mass is 32.2. The van der Waals surface area contributed by atoms with Gasteiger partial charge in [0.1, 0.15) is 5.52 Å². The fourth-order valence-electron chi connectivity index (χ4n) is 4.33. The van der Waals surface area contributed by atoms with E-state index in [9.17, 15) is 4.79 Å². The Hall–Kier alpha value is -3.45. The van der Waals surface area contributed by atoms with Crippen LogP contribution in [-0.4, -0.2) is 42.3 Å². The van der Waals surface area contributed by atoms with E-state index in [2.05, 4.69) is 17.1 Å². The molecule has 0 saturated heterocycles. The molecule has 0 N–H and O–H groups in total. The van der Waals surface area contributed by atoms with E-state index >= 15 is 0 Å². The molecule has 1 atom stereocenters. The van der Waals surface area contributed by atoms with Crippen molar-refractivity contribution in [2.24, 2.45) is 0 Å². The number of benzene rings is 3. The maximum absolute atomic E-state index is 13.4. The number of carbonyl (C=O) groups excluding carboxylic acids is 1. The Morgan fingerprint density at radius 2 is 1.79 bits per heavy atom. The first-order valence-corrected chi connectivity index (χ1v) is 11.7. The van der Waals surface area contributed by atoms with Gasteiger partial charge in [0.05, 0.1) is 26.0 Å². The third-order valence-corrected chi connectivity index (χ3v) is 6.72. The molecule has 1 aromatic heterocycles. The average Bonchev–Trinajstić information content (AvgIpc) is 3.29. The number of methoxy groups -OCH3 is 2. The molecule has 5 rings (SSSR count). The molecule has 0 bridgehead atoms. The summed E-state index contributed by atoms with van der Waals surface area (Å²) >= 11 is 1.33. The van der Waals surface area contributed by atoms with Gasteiger partial charge in [-0.2, -0.15) is 0 Å². The van der Waals surface area contributed by atoms with Crippen LogP contribution in [0.2, 0.25) is 0 Å². The predicted molar refractivity (Wildman–Crippen MR) is 128 cm³/mol. The fourth-order valence-corrected chi connectivity index (χ4v) is 5.05. The molecule has 168 valence electrons. The van der Waals surface area contributed by atoms with Crippen LogP contribution in [0.3, 0.4) is 0 Å². The number of rotatable bonds is 6. The smallest absolute Gasteiger partial charge is 0.257 e. The highest BCUT2D eigenvalue weighted by Crippen LogP contribution is 2.41. The third kappa shape index (κ3) is 4.16. The number of nitrogens with zero attached hydrogens (tertiary/aromatic N) is 2. The number of hydrogen-bond donors (Lipinski definition) is 0. The molecule has 0 aliphatic carbocycles. The molecule has 2 heterocycles. The van der Waals surface area contributed by atoms with Gasteiger partial charge in [-0.05, 0) is 47.4 Å². The zero-order chi connectivity index (χ0) is 22.8. The van der Waals surface area contributed by atoms with Crippen LogP contribution in [0.25, 0.3) is 11.1 Å². The number of aromatic nitrogens is 1. The molecular weight excluding hydrogens is 436 g/mol. The molecule has 4 aromatic rings. The van der Waals surface area contributed by atoms with Crippen molar-refractivity contribution in [3.63, 3.8) is 0 Å². The van der Waals surface area contributed by atoms with Crippen molar-refractivity contribution in [3.05, 3.63) is 83.4 Å². The minimum absolute atomic E-state index is 0.0385. The molecule has 1 aliphatic heterocycles. The lowest BCUT2D eigenvalue weighted by atomic mass is 9.87. The van der Waals surface area contributed by atoms with Gasteiger partial charge in [0.25, 0.3) is 5.22 Å². The Morgan fingerprint density at radius 3 is 2.55 bits per heavy atom. The summed E-state index contributed by atoms with van der Waals surface area (Å²) in [6, 6.07) is 21.5. The molecule has 7 heteroatoms. The van der Waals surface area contributed by atoms with Crippen molar-refractivity contribution in [2.75, 3.05) is 26.5 Å². The highest BCUT2D eigenvalue weighted by Gasteiger charge is 2.33. The summed E-state index contributed by atoms with van der Waals surface area (Å²) in [6.07, 6.45) is 0.748. The van der Waals surface area contributed by atoms with Crippen molar-refractivity contribution in [2.45, 2.75) is 17.7 Å². The lowest BCUT2D eigenvalue weighted by Gasteiger charge is -2.38. The Balaban J connectivity index is 1.45. The van der Waals surface area contributed by atoms with Crippen molar-refractivity contribution in [1.29, 1.82) is 0 Å². The molecule has 0 saturated carbocycles. The number of thioether (sulfide) groups is 1. The summed E-state index contributed by atoms with van der Waals surface area (Å²) in [5, 5.41) is 0.504. The standard InChI is InChI=1S/C26H24N2O4S/c1-30-22-14-18-12-13-28(24(29)16-33-26-27-20-10-6-7-11-21(20)32-26)25(17-8-4-3-5-9-17)19(18)15-23(22)31-2/h3-11,14-15,25H,12-13,16H2,1-2H3/t25-/m0/s1. The number of amides is 1. The number of para-hydroxylation sites is 2. The summed E-state index contributed by atoms with van der Waals surface area (Å²) in [7, 11) is 3.27. The summed E-state index contributed by atoms with van der Waals surface area (Å²) in [6.45, 7) is 0.620. The Labute approximate surface area is 196 Å². The van der Waals surface area contributed by atoms with Crippen LogP contribution in [0, 0.1) is 0 Å². The van der Waals surface area contributed by atoms with Gasteiger partial charge >= 0.3 is 0 Å². The Morgan fingerprint density at radius 1 is 1.06 bits per heavy atom. The van der Waals surface area contributed by atoms with Crippen LogP contribution in [-0.2, 0) is 11.2 Å². The maximum Gasteiger partial charge on any atom is 0.257 e. The van der Waals surface area contributed by atoms with E-state index in [4.69, 9.17) is 13.9 Å². The zero-order valence-corrected chi connectivity index (χ0v) is 19.3. The van der Waals surface area contributed by atoms with E-state index in [0.717, 1.165) is 34.2 Å². The first-order valence-electron chi connectivity index (χ1n) is 10.8. The molecule has 0 radical (unpaired) electrons. The van der Waals surface area contributed by atoms with Gasteiger partial charge in [-0.1, -0.05) is 54.2 Å². The minimum atomic E-state index is -0.202. The SMILES string of the molecule is COc1cc2c(cc1OC)[C@H](c1ccccc1)N(C(=O)CSc1nc3ccccc3o1)CC2. The second kappa shape index (κ2) is 9.19. The zero-order valence-electron chi connectivity index (χ0n) is 18.5. The summed E-state index contributed by atoms with van der Waals surface area (Å²) in [5.41, 5.74) is 4.80. The number of carbonyl (C=O) groups is 1. The molecule has 0 fully saturated rings. The highest BCUT2D eigenvalue weighted by molar-refractivity contribution is 7.99. The number of ether oxygens (including phenoxy) is 2. The van der Waals surface area contributed by atoms with Gasteiger partial charge in [-0.15, -0.1) is 0 Å². The molecule has 1 aliphatic rings. The van der Waals surface area contributed by atoms with E-state index in [0.29, 0.717) is 23.3 Å². The molecular formula is C26H24N2O4S. The molecule has 3 aromatic carbocycles.